The Hall–Kier alpha value is -1.54. The second kappa shape index (κ2) is 15.0. The van der Waals surface area contributed by atoms with Gasteiger partial charge in [0, 0.05) is 13.1 Å². The van der Waals surface area contributed by atoms with E-state index in [1.54, 1.807) is 0 Å². The summed E-state index contributed by atoms with van der Waals surface area (Å²) in [6.07, 6.45) is -13.0. The van der Waals surface area contributed by atoms with E-state index >= 15 is 0 Å². The van der Waals surface area contributed by atoms with E-state index < -0.39 is 79.8 Å². The third kappa shape index (κ3) is 8.79. The van der Waals surface area contributed by atoms with Crippen molar-refractivity contribution in [2.75, 3.05) is 46.0 Å². The number of carbonyl (C=O) groups is 2. The Labute approximate surface area is 207 Å². The number of aliphatic hydroxyl groups excluding tert-OH is 7. The molecule has 0 unspecified atom stereocenters. The Bertz CT molecular complexity index is 687. The van der Waals surface area contributed by atoms with E-state index in [2.05, 4.69) is 16.0 Å². The maximum absolute atomic E-state index is 11.8. The molecule has 2 heterocycles. The fourth-order valence-electron chi connectivity index (χ4n) is 3.50. The van der Waals surface area contributed by atoms with Crippen molar-refractivity contribution in [3.05, 3.63) is 0 Å². The second-order valence-corrected chi connectivity index (χ2v) is 8.42. The topological polar surface area (TPSA) is 249 Å². The van der Waals surface area contributed by atoms with Gasteiger partial charge in [-0.05, 0) is 6.92 Å². The molecule has 16 nitrogen and oxygen atoms in total. The third-order valence-electron chi connectivity index (χ3n) is 5.64. The standard InChI is InChI=1S/C20H37N3O13/c1-9-13(27)15(29)17(31)19(35-9)33-4-2-22-11(25)6-21-7-12(26)23-3-5-34-20-18(32)16(30)14(28)10(8-24)36-20/h9-10,13-21,24,27-32H,2-8H2,1H3,(H,22,25)(H,23,26)/t9-,10+,13+,14+,15+,16-,17-,18-,19+,20-/m0/s1. The first-order chi connectivity index (χ1) is 17.1. The Morgan fingerprint density at radius 1 is 0.722 bits per heavy atom. The lowest BCUT2D eigenvalue weighted by molar-refractivity contribution is -0.300. The van der Waals surface area contributed by atoms with Gasteiger partial charge in [0.1, 0.15) is 42.7 Å². The number of hydrogen-bond acceptors (Lipinski definition) is 14. The van der Waals surface area contributed by atoms with Crippen molar-refractivity contribution in [2.24, 2.45) is 0 Å². The molecule has 0 aromatic carbocycles. The minimum absolute atomic E-state index is 0.0263. The molecule has 2 amide bonds. The minimum Gasteiger partial charge on any atom is -0.394 e. The summed E-state index contributed by atoms with van der Waals surface area (Å²) >= 11 is 0. The van der Waals surface area contributed by atoms with Gasteiger partial charge in [0.05, 0.1) is 39.0 Å². The fourth-order valence-corrected chi connectivity index (χ4v) is 3.50. The van der Waals surface area contributed by atoms with E-state index in [4.69, 9.17) is 24.1 Å². The molecule has 10 atom stereocenters. The second-order valence-electron chi connectivity index (χ2n) is 8.42. The van der Waals surface area contributed by atoms with E-state index in [1.165, 1.54) is 6.92 Å². The lowest BCUT2D eigenvalue weighted by atomic mass is 9.99. The van der Waals surface area contributed by atoms with Crippen LogP contribution in [0.3, 0.4) is 0 Å². The van der Waals surface area contributed by atoms with Crippen LogP contribution >= 0.6 is 0 Å². The van der Waals surface area contributed by atoms with Crippen LogP contribution in [0.15, 0.2) is 0 Å². The van der Waals surface area contributed by atoms with Crippen molar-refractivity contribution >= 4 is 11.8 Å². The molecular formula is C20H37N3O13. The van der Waals surface area contributed by atoms with E-state index in [0.717, 1.165) is 0 Å². The molecular weight excluding hydrogens is 490 g/mol. The maximum Gasteiger partial charge on any atom is 0.234 e. The van der Waals surface area contributed by atoms with Crippen molar-refractivity contribution in [3.8, 4) is 0 Å². The number of aliphatic hydroxyl groups is 7. The van der Waals surface area contributed by atoms with Crippen LogP contribution in [0.25, 0.3) is 0 Å². The highest BCUT2D eigenvalue weighted by Crippen LogP contribution is 2.22. The lowest BCUT2D eigenvalue weighted by Crippen LogP contribution is -2.59. The monoisotopic (exact) mass is 527 g/mol. The van der Waals surface area contributed by atoms with Crippen LogP contribution in [-0.2, 0) is 28.5 Å². The smallest absolute Gasteiger partial charge is 0.234 e. The normalized spacial score (nSPS) is 36.9. The van der Waals surface area contributed by atoms with Crippen LogP contribution in [0.5, 0.6) is 0 Å². The van der Waals surface area contributed by atoms with E-state index in [0.29, 0.717) is 0 Å². The Balaban J connectivity index is 1.51. The van der Waals surface area contributed by atoms with Crippen LogP contribution in [0.2, 0.25) is 0 Å². The van der Waals surface area contributed by atoms with Crippen molar-refractivity contribution in [1.29, 1.82) is 0 Å². The SMILES string of the molecule is C[C@@H]1O[C@@H](OCCNC(=O)CNCC(=O)NCCO[C@H]2O[C@H](CO)[C@@H](O)[C@H](O)[C@@H]2O)[C@@H](O)[C@H](O)[C@@H]1O. The van der Waals surface area contributed by atoms with E-state index in [9.17, 15) is 40.2 Å². The average molecular weight is 528 g/mol. The zero-order valence-corrected chi connectivity index (χ0v) is 19.8. The van der Waals surface area contributed by atoms with Gasteiger partial charge in [-0.2, -0.15) is 0 Å². The zero-order chi connectivity index (χ0) is 26.8. The summed E-state index contributed by atoms with van der Waals surface area (Å²) in [5.74, 6) is -0.867. The number of hydrogen-bond donors (Lipinski definition) is 10. The Morgan fingerprint density at radius 3 is 1.69 bits per heavy atom. The molecule has 0 aliphatic carbocycles. The van der Waals surface area contributed by atoms with Crippen molar-refractivity contribution < 1.29 is 64.3 Å². The van der Waals surface area contributed by atoms with Gasteiger partial charge in [0.15, 0.2) is 12.6 Å². The summed E-state index contributed by atoms with van der Waals surface area (Å²) in [6, 6.07) is 0. The number of amides is 2. The summed E-state index contributed by atoms with van der Waals surface area (Å²) in [5.41, 5.74) is 0. The van der Waals surface area contributed by atoms with Crippen LogP contribution < -0.4 is 16.0 Å². The van der Waals surface area contributed by atoms with Gasteiger partial charge in [-0.3, -0.25) is 14.9 Å². The maximum atomic E-state index is 11.8. The fraction of sp³-hybridized carbons (Fsp3) is 0.900. The van der Waals surface area contributed by atoms with Gasteiger partial charge < -0.3 is 65.3 Å². The summed E-state index contributed by atoms with van der Waals surface area (Å²) in [6.45, 7) is 0.567. The van der Waals surface area contributed by atoms with Crippen LogP contribution in [0, 0.1) is 0 Å². The van der Waals surface area contributed by atoms with Gasteiger partial charge in [-0.25, -0.2) is 0 Å². The molecule has 2 fully saturated rings. The highest BCUT2D eigenvalue weighted by Gasteiger charge is 2.44. The molecule has 210 valence electrons. The first kappa shape index (κ1) is 30.7. The van der Waals surface area contributed by atoms with Crippen LogP contribution in [0.4, 0.5) is 0 Å². The first-order valence-electron chi connectivity index (χ1n) is 11.5. The molecule has 0 bridgehead atoms. The van der Waals surface area contributed by atoms with Crippen LogP contribution in [-0.4, -0.2) is 155 Å². The van der Waals surface area contributed by atoms with Gasteiger partial charge in [-0.15, -0.1) is 0 Å². The molecule has 36 heavy (non-hydrogen) atoms. The highest BCUT2D eigenvalue weighted by atomic mass is 16.7. The summed E-state index contributed by atoms with van der Waals surface area (Å²) in [4.78, 5) is 23.7. The molecule has 2 saturated heterocycles. The number of nitrogens with one attached hydrogen (secondary N) is 3. The Morgan fingerprint density at radius 2 is 1.19 bits per heavy atom. The third-order valence-corrected chi connectivity index (χ3v) is 5.64. The summed E-state index contributed by atoms with van der Waals surface area (Å²) in [5, 5.41) is 75.3. The highest BCUT2D eigenvalue weighted by molar-refractivity contribution is 5.81. The van der Waals surface area contributed by atoms with Crippen molar-refractivity contribution in [1.82, 2.24) is 16.0 Å². The number of carbonyl (C=O) groups excluding carboxylic acids is 2. The largest absolute Gasteiger partial charge is 0.394 e. The van der Waals surface area contributed by atoms with Gasteiger partial charge >= 0.3 is 0 Å². The molecule has 16 heteroatoms. The lowest BCUT2D eigenvalue weighted by Gasteiger charge is -2.39. The predicted octanol–water partition coefficient (Wildman–Crippen LogP) is -6.53. The van der Waals surface area contributed by atoms with E-state index in [1.807, 2.05) is 0 Å². The number of rotatable bonds is 13. The number of ether oxygens (including phenoxy) is 4. The molecule has 2 aliphatic rings. The van der Waals surface area contributed by atoms with Gasteiger partial charge in [-0.1, -0.05) is 0 Å². The predicted molar refractivity (Wildman–Crippen MR) is 117 cm³/mol. The first-order valence-corrected chi connectivity index (χ1v) is 11.5. The minimum atomic E-state index is -1.56. The molecule has 0 aromatic heterocycles. The van der Waals surface area contributed by atoms with Gasteiger partial charge in [0.25, 0.3) is 0 Å². The molecule has 2 rings (SSSR count). The van der Waals surface area contributed by atoms with Crippen molar-refractivity contribution in [2.45, 2.75) is 68.3 Å². The summed E-state index contributed by atoms with van der Waals surface area (Å²) < 4.78 is 21.0. The molecule has 10 N–H and O–H groups in total. The van der Waals surface area contributed by atoms with Crippen LogP contribution in [0.1, 0.15) is 6.92 Å². The molecule has 0 radical (unpaired) electrons. The molecule has 2 aliphatic heterocycles. The van der Waals surface area contributed by atoms with Gasteiger partial charge in [0.2, 0.25) is 11.8 Å². The molecule has 0 saturated carbocycles. The summed E-state index contributed by atoms with van der Waals surface area (Å²) in [7, 11) is 0. The zero-order valence-electron chi connectivity index (χ0n) is 19.8. The van der Waals surface area contributed by atoms with Crippen molar-refractivity contribution in [3.63, 3.8) is 0 Å². The average Bonchev–Trinajstić information content (AvgIpc) is 2.85. The quantitative estimate of drug-likeness (QED) is 0.100. The van der Waals surface area contributed by atoms with E-state index in [-0.39, 0.29) is 39.4 Å². The Kier molecular flexibility index (Phi) is 12.8. The molecule has 0 aromatic rings. The molecule has 0 spiro atoms.